The minimum atomic E-state index is -0.137. The Labute approximate surface area is 59.0 Å². The van der Waals surface area contributed by atoms with Crippen molar-refractivity contribution in [1.29, 1.82) is 0 Å². The van der Waals surface area contributed by atoms with E-state index in [1.807, 2.05) is 6.07 Å². The van der Waals surface area contributed by atoms with Crippen molar-refractivity contribution >= 4 is 6.08 Å². The van der Waals surface area contributed by atoms with E-state index in [9.17, 15) is 4.39 Å². The summed E-state index contributed by atoms with van der Waals surface area (Å²) in [6.07, 6.45) is 5.43. The third-order valence-corrected chi connectivity index (χ3v) is 1.68. The molecule has 0 N–H and O–H groups in total. The quantitative estimate of drug-likeness (QED) is 0.509. The van der Waals surface area contributed by atoms with Crippen molar-refractivity contribution in [2.75, 3.05) is 0 Å². The minimum absolute atomic E-state index is 0.137. The van der Waals surface area contributed by atoms with Crippen LogP contribution in [0, 0.1) is 11.9 Å². The van der Waals surface area contributed by atoms with Gasteiger partial charge in [0.25, 0.3) is 0 Å². The number of benzene rings is 1. The third-order valence-electron chi connectivity index (χ3n) is 1.68. The second-order valence-corrected chi connectivity index (χ2v) is 2.34. The van der Waals surface area contributed by atoms with Gasteiger partial charge in [0.15, 0.2) is 0 Å². The highest BCUT2D eigenvalue weighted by molar-refractivity contribution is 5.58. The van der Waals surface area contributed by atoms with E-state index >= 15 is 0 Å². The van der Waals surface area contributed by atoms with Crippen molar-refractivity contribution in [3.05, 3.63) is 41.2 Å². The van der Waals surface area contributed by atoms with Crippen LogP contribution in [0.1, 0.15) is 11.1 Å². The second-order valence-electron chi connectivity index (χ2n) is 2.34. The molecule has 0 saturated carbocycles. The molecule has 0 amide bonds. The third kappa shape index (κ3) is 0.670. The molecule has 1 aliphatic carbocycles. The highest BCUT2D eigenvalue weighted by atomic mass is 19.1. The Morgan fingerprint density at radius 3 is 3.10 bits per heavy atom. The molecule has 1 radical (unpaired) electrons. The lowest BCUT2D eigenvalue weighted by Crippen LogP contribution is -1.84. The van der Waals surface area contributed by atoms with Crippen LogP contribution >= 0.6 is 0 Å². The van der Waals surface area contributed by atoms with Crippen molar-refractivity contribution in [1.82, 2.24) is 0 Å². The van der Waals surface area contributed by atoms with Gasteiger partial charge in [-0.05, 0) is 30.2 Å². The Bertz CT molecular complexity index is 287. The lowest BCUT2D eigenvalue weighted by molar-refractivity contribution is 0.624. The van der Waals surface area contributed by atoms with E-state index in [-0.39, 0.29) is 5.82 Å². The summed E-state index contributed by atoms with van der Waals surface area (Å²) in [5.41, 5.74) is 1.75. The summed E-state index contributed by atoms with van der Waals surface area (Å²) in [5, 5.41) is 0. The smallest absolute Gasteiger partial charge is 0.130 e. The normalized spacial score (nSPS) is 13.7. The van der Waals surface area contributed by atoms with Crippen LogP contribution in [0.5, 0.6) is 0 Å². The standard InChI is InChI=1S/C9H6F/c10-9-6-2-4-7-3-1-5-8(7)9/h2,4-6H,3H2. The maximum atomic E-state index is 12.8. The zero-order chi connectivity index (χ0) is 6.97. The van der Waals surface area contributed by atoms with E-state index in [2.05, 4.69) is 6.08 Å². The first-order valence-electron chi connectivity index (χ1n) is 3.22. The first kappa shape index (κ1) is 5.66. The first-order valence-corrected chi connectivity index (χ1v) is 3.22. The highest BCUT2D eigenvalue weighted by Crippen LogP contribution is 2.20. The average Bonchev–Trinajstić information content (AvgIpc) is 2.36. The fraction of sp³-hybridized carbons (Fsp3) is 0.111. The molecule has 1 aliphatic rings. The van der Waals surface area contributed by atoms with Crippen molar-refractivity contribution in [2.24, 2.45) is 0 Å². The van der Waals surface area contributed by atoms with E-state index in [4.69, 9.17) is 0 Å². The summed E-state index contributed by atoms with van der Waals surface area (Å²) >= 11 is 0. The van der Waals surface area contributed by atoms with Crippen molar-refractivity contribution < 1.29 is 4.39 Å². The lowest BCUT2D eigenvalue weighted by Gasteiger charge is -1.96. The largest absolute Gasteiger partial charge is 0.206 e. The number of fused-ring (bicyclic) bond motifs is 1. The molecule has 0 spiro atoms. The Morgan fingerprint density at radius 1 is 1.40 bits per heavy atom. The Hall–Kier alpha value is -1.11. The summed E-state index contributed by atoms with van der Waals surface area (Å²) in [4.78, 5) is 0. The Balaban J connectivity index is 2.67. The van der Waals surface area contributed by atoms with Crippen LogP contribution < -0.4 is 0 Å². The Kier molecular flexibility index (Phi) is 1.10. The summed E-state index contributed by atoms with van der Waals surface area (Å²) in [5.74, 6) is -0.137. The average molecular weight is 133 g/mol. The van der Waals surface area contributed by atoms with Crippen LogP contribution in [0.2, 0.25) is 0 Å². The van der Waals surface area contributed by atoms with Gasteiger partial charge in [0.1, 0.15) is 5.82 Å². The molecule has 0 saturated heterocycles. The zero-order valence-corrected chi connectivity index (χ0v) is 5.39. The van der Waals surface area contributed by atoms with Crippen LogP contribution in [-0.2, 0) is 6.42 Å². The van der Waals surface area contributed by atoms with E-state index in [0.29, 0.717) is 5.56 Å². The Morgan fingerprint density at radius 2 is 2.30 bits per heavy atom. The van der Waals surface area contributed by atoms with Gasteiger partial charge in [0, 0.05) is 5.56 Å². The van der Waals surface area contributed by atoms with E-state index in [1.165, 1.54) is 6.07 Å². The predicted molar refractivity (Wildman–Crippen MR) is 37.8 cm³/mol. The monoisotopic (exact) mass is 133 g/mol. The molecule has 0 unspecified atom stereocenters. The second kappa shape index (κ2) is 1.94. The van der Waals surface area contributed by atoms with Gasteiger partial charge >= 0.3 is 0 Å². The van der Waals surface area contributed by atoms with Crippen LogP contribution in [0.25, 0.3) is 6.08 Å². The summed E-state index contributed by atoms with van der Waals surface area (Å²) < 4.78 is 12.8. The van der Waals surface area contributed by atoms with Crippen LogP contribution in [0.15, 0.2) is 18.2 Å². The molecule has 0 fully saturated rings. The molecule has 1 aromatic carbocycles. The number of hydrogen-bond donors (Lipinski definition) is 0. The van der Waals surface area contributed by atoms with Gasteiger partial charge in [-0.2, -0.15) is 0 Å². The molecule has 10 heavy (non-hydrogen) atoms. The maximum absolute atomic E-state index is 12.8. The van der Waals surface area contributed by atoms with Gasteiger partial charge in [-0.3, -0.25) is 0 Å². The number of halogens is 1. The number of allylic oxidation sites excluding steroid dienone is 1. The summed E-state index contributed by atoms with van der Waals surface area (Å²) in [7, 11) is 0. The van der Waals surface area contributed by atoms with Crippen molar-refractivity contribution in [2.45, 2.75) is 6.42 Å². The van der Waals surface area contributed by atoms with Gasteiger partial charge in [-0.25, -0.2) is 4.39 Å². The molecule has 2 rings (SSSR count). The van der Waals surface area contributed by atoms with Crippen LogP contribution in [0.3, 0.4) is 0 Å². The maximum Gasteiger partial charge on any atom is 0.130 e. The van der Waals surface area contributed by atoms with Crippen molar-refractivity contribution in [3.8, 4) is 0 Å². The van der Waals surface area contributed by atoms with Gasteiger partial charge in [-0.15, -0.1) is 0 Å². The van der Waals surface area contributed by atoms with Crippen LogP contribution in [-0.4, -0.2) is 0 Å². The van der Waals surface area contributed by atoms with E-state index in [1.54, 1.807) is 12.1 Å². The van der Waals surface area contributed by atoms with Gasteiger partial charge in [-0.1, -0.05) is 12.1 Å². The first-order chi connectivity index (χ1) is 4.88. The topological polar surface area (TPSA) is 0 Å². The molecular formula is C9H6F. The minimum Gasteiger partial charge on any atom is -0.206 e. The van der Waals surface area contributed by atoms with E-state index < -0.39 is 0 Å². The molecule has 0 atom stereocenters. The fourth-order valence-electron chi connectivity index (χ4n) is 1.16. The molecular weight excluding hydrogens is 127 g/mol. The van der Waals surface area contributed by atoms with Crippen molar-refractivity contribution in [3.63, 3.8) is 0 Å². The highest BCUT2D eigenvalue weighted by Gasteiger charge is 2.07. The SMILES string of the molecule is Fc1cccc2c1C=[C]C2. The molecule has 1 aromatic rings. The zero-order valence-electron chi connectivity index (χ0n) is 5.39. The fourth-order valence-corrected chi connectivity index (χ4v) is 1.16. The van der Waals surface area contributed by atoms with Gasteiger partial charge in [0.05, 0.1) is 0 Å². The lowest BCUT2D eigenvalue weighted by atomic mass is 10.1. The molecule has 0 bridgehead atoms. The summed E-state index contributed by atoms with van der Waals surface area (Å²) in [6.45, 7) is 0. The molecule has 0 nitrogen and oxygen atoms in total. The van der Waals surface area contributed by atoms with E-state index in [0.717, 1.165) is 12.0 Å². The predicted octanol–water partition coefficient (Wildman–Crippen LogP) is 2.20. The molecule has 0 heterocycles. The van der Waals surface area contributed by atoms with Gasteiger partial charge in [0.2, 0.25) is 0 Å². The van der Waals surface area contributed by atoms with Gasteiger partial charge < -0.3 is 0 Å². The number of rotatable bonds is 0. The molecule has 0 aliphatic heterocycles. The molecule has 0 aromatic heterocycles. The van der Waals surface area contributed by atoms with Crippen LogP contribution in [0.4, 0.5) is 4.39 Å². The molecule has 1 heteroatoms. The molecule has 49 valence electrons. The summed E-state index contributed by atoms with van der Waals surface area (Å²) in [6, 6.07) is 5.13. The number of hydrogen-bond acceptors (Lipinski definition) is 0.